The smallest absolute Gasteiger partial charge is 0.275 e. The van der Waals surface area contributed by atoms with E-state index in [2.05, 4.69) is 59.2 Å². The van der Waals surface area contributed by atoms with Crippen LogP contribution in [0.2, 0.25) is 0 Å². The van der Waals surface area contributed by atoms with Gasteiger partial charge in [-0.25, -0.2) is 0 Å². The molecule has 2 aromatic rings. The monoisotopic (exact) mass is 327 g/mol. The van der Waals surface area contributed by atoms with Crippen molar-refractivity contribution in [3.05, 3.63) is 57.8 Å². The maximum atomic E-state index is 11.8. The molecule has 0 saturated carbocycles. The van der Waals surface area contributed by atoms with Crippen LogP contribution in [0.15, 0.2) is 41.8 Å². The third-order valence-electron chi connectivity index (χ3n) is 3.65. The first kappa shape index (κ1) is 17.3. The zero-order valence-electron chi connectivity index (χ0n) is 13.4. The highest BCUT2D eigenvalue weighted by Gasteiger charge is 2.19. The van der Waals surface area contributed by atoms with E-state index >= 15 is 0 Å². The molecule has 3 N–H and O–H groups in total. The fourth-order valence-corrected chi connectivity index (χ4v) is 3.36. The minimum Gasteiger partial charge on any atom is -0.340 e. The Hall–Kier alpha value is -2.09. The Bertz CT molecular complexity index is 641. The molecule has 0 unspecified atom stereocenters. The second-order valence-electron chi connectivity index (χ2n) is 5.41. The highest BCUT2D eigenvalue weighted by atomic mass is 32.1. The third kappa shape index (κ3) is 5.24. The molecule has 0 saturated heterocycles. The van der Waals surface area contributed by atoms with Gasteiger partial charge in [0, 0.05) is 5.56 Å². The van der Waals surface area contributed by atoms with E-state index in [-0.39, 0.29) is 18.5 Å². The molecule has 0 radical (unpaired) electrons. The lowest BCUT2D eigenvalue weighted by Gasteiger charge is -2.15. The number of nitrogens with two attached hydrogens (primary N) is 1. The Labute approximate surface area is 142 Å². The number of aryl methyl sites for hydroxylation is 1. The van der Waals surface area contributed by atoms with Gasteiger partial charge in [0.05, 0.1) is 11.4 Å². The maximum Gasteiger partial charge on any atom is 0.275 e. The molecule has 0 spiro atoms. The summed E-state index contributed by atoms with van der Waals surface area (Å²) in [6.07, 6.45) is 7.41. The number of quaternary nitrogens is 1. The van der Waals surface area contributed by atoms with Crippen molar-refractivity contribution in [2.24, 2.45) is 0 Å². The van der Waals surface area contributed by atoms with Crippen molar-refractivity contribution in [3.63, 3.8) is 0 Å². The van der Waals surface area contributed by atoms with Crippen LogP contribution in [0.25, 0.3) is 0 Å². The van der Waals surface area contributed by atoms with Gasteiger partial charge in [0.1, 0.15) is 6.04 Å². The summed E-state index contributed by atoms with van der Waals surface area (Å²) in [5, 5.41) is 6.84. The summed E-state index contributed by atoms with van der Waals surface area (Å²) < 4.78 is 0. The molecule has 1 amide bonds. The number of nitrogens with one attached hydrogen (secondary N) is 1. The van der Waals surface area contributed by atoms with Gasteiger partial charge in [-0.2, -0.15) is 0 Å². The van der Waals surface area contributed by atoms with E-state index in [1.165, 1.54) is 16.0 Å². The van der Waals surface area contributed by atoms with Crippen molar-refractivity contribution in [2.75, 3.05) is 13.1 Å². The molecule has 1 heterocycles. The van der Waals surface area contributed by atoms with Crippen molar-refractivity contribution < 1.29 is 10.1 Å². The Morgan fingerprint density at radius 2 is 2.13 bits per heavy atom. The first-order valence-electron chi connectivity index (χ1n) is 7.90. The summed E-state index contributed by atoms with van der Waals surface area (Å²) in [6, 6.07) is 13.0. The second-order valence-corrected chi connectivity index (χ2v) is 6.38. The van der Waals surface area contributed by atoms with E-state index in [0.29, 0.717) is 6.54 Å². The first-order valence-corrected chi connectivity index (χ1v) is 8.78. The van der Waals surface area contributed by atoms with Crippen LogP contribution in [-0.2, 0) is 11.2 Å². The molecule has 1 aromatic carbocycles. The zero-order valence-corrected chi connectivity index (χ0v) is 14.2. The van der Waals surface area contributed by atoms with Crippen LogP contribution < -0.4 is 10.6 Å². The fourth-order valence-electron chi connectivity index (χ4n) is 2.51. The second kappa shape index (κ2) is 9.14. The molecule has 120 valence electrons. The van der Waals surface area contributed by atoms with Gasteiger partial charge in [-0.15, -0.1) is 17.8 Å². The van der Waals surface area contributed by atoms with Gasteiger partial charge in [0.15, 0.2) is 6.54 Å². The number of carbonyl (C=O) groups is 1. The van der Waals surface area contributed by atoms with E-state index < -0.39 is 0 Å². The number of hydrogen-bond donors (Lipinski definition) is 2. The van der Waals surface area contributed by atoms with Crippen LogP contribution in [0.5, 0.6) is 0 Å². The standard InChI is InChI=1S/C19H22N2OS/c1-3-6-15-8-10-16(11-9-15)19(17-7-5-13-23-17)21-14-18(22)20-12-4-2/h2,5,7-11,13,19,21H,3,6,12,14H2,1H3,(H,20,22)/p+1/t19-/m1/s1. The number of terminal acetylenes is 1. The Morgan fingerprint density at radius 3 is 2.74 bits per heavy atom. The van der Waals surface area contributed by atoms with Gasteiger partial charge in [0.2, 0.25) is 0 Å². The summed E-state index contributed by atoms with van der Waals surface area (Å²) >= 11 is 1.71. The van der Waals surface area contributed by atoms with Crippen molar-refractivity contribution in [1.29, 1.82) is 0 Å². The molecule has 0 aliphatic rings. The van der Waals surface area contributed by atoms with Crippen molar-refractivity contribution in [1.82, 2.24) is 5.32 Å². The Morgan fingerprint density at radius 1 is 1.35 bits per heavy atom. The molecule has 0 bridgehead atoms. The summed E-state index contributed by atoms with van der Waals surface area (Å²) in [7, 11) is 0. The number of rotatable bonds is 8. The van der Waals surface area contributed by atoms with Gasteiger partial charge >= 0.3 is 0 Å². The van der Waals surface area contributed by atoms with Crippen LogP contribution >= 0.6 is 11.3 Å². The van der Waals surface area contributed by atoms with Crippen molar-refractivity contribution in [2.45, 2.75) is 25.8 Å². The molecule has 23 heavy (non-hydrogen) atoms. The molecule has 0 aliphatic carbocycles. The number of hydrogen-bond acceptors (Lipinski definition) is 2. The van der Waals surface area contributed by atoms with Crippen LogP contribution in [-0.4, -0.2) is 19.0 Å². The van der Waals surface area contributed by atoms with E-state index in [4.69, 9.17) is 6.42 Å². The molecule has 2 rings (SSSR count). The highest BCUT2D eigenvalue weighted by molar-refractivity contribution is 7.10. The van der Waals surface area contributed by atoms with Gasteiger partial charge in [-0.3, -0.25) is 4.79 Å². The van der Waals surface area contributed by atoms with Crippen LogP contribution in [0.3, 0.4) is 0 Å². The predicted molar refractivity (Wildman–Crippen MR) is 95.2 cm³/mol. The lowest BCUT2D eigenvalue weighted by Crippen LogP contribution is -2.87. The highest BCUT2D eigenvalue weighted by Crippen LogP contribution is 2.23. The van der Waals surface area contributed by atoms with Crippen LogP contribution in [0, 0.1) is 12.3 Å². The number of benzene rings is 1. The molecule has 1 atom stereocenters. The maximum absolute atomic E-state index is 11.8. The average Bonchev–Trinajstić information content (AvgIpc) is 3.09. The Balaban J connectivity index is 2.09. The summed E-state index contributed by atoms with van der Waals surface area (Å²) in [5.74, 6) is 2.38. The SMILES string of the molecule is C#CCNC(=O)C[NH2+][C@H](c1ccc(CCC)cc1)c1cccs1. The largest absolute Gasteiger partial charge is 0.340 e. The average molecular weight is 327 g/mol. The molecule has 0 aliphatic heterocycles. The summed E-state index contributed by atoms with van der Waals surface area (Å²) in [5.41, 5.74) is 2.57. The minimum absolute atomic E-state index is 0.0351. The van der Waals surface area contributed by atoms with E-state index in [1.54, 1.807) is 11.3 Å². The normalized spacial score (nSPS) is 11.7. The van der Waals surface area contributed by atoms with Crippen molar-refractivity contribution in [3.8, 4) is 12.3 Å². The minimum atomic E-state index is -0.0351. The summed E-state index contributed by atoms with van der Waals surface area (Å²) in [6.45, 7) is 2.83. The topological polar surface area (TPSA) is 45.7 Å². The van der Waals surface area contributed by atoms with Crippen molar-refractivity contribution >= 4 is 17.2 Å². The molecular weight excluding hydrogens is 304 g/mol. The predicted octanol–water partition coefficient (Wildman–Crippen LogP) is 2.10. The molecule has 0 fully saturated rings. The number of carbonyl (C=O) groups excluding carboxylic acids is 1. The molecule has 3 nitrogen and oxygen atoms in total. The first-order chi connectivity index (χ1) is 11.2. The Kier molecular flexibility index (Phi) is 6.86. The van der Waals surface area contributed by atoms with E-state index in [0.717, 1.165) is 12.8 Å². The lowest BCUT2D eigenvalue weighted by atomic mass is 10.0. The molecule has 1 aromatic heterocycles. The lowest BCUT2D eigenvalue weighted by molar-refractivity contribution is -0.676. The number of thiophene rings is 1. The summed E-state index contributed by atoms with van der Waals surface area (Å²) in [4.78, 5) is 13.1. The number of amides is 1. The van der Waals surface area contributed by atoms with Crippen LogP contribution in [0.4, 0.5) is 0 Å². The fraction of sp³-hybridized carbons (Fsp3) is 0.316. The third-order valence-corrected chi connectivity index (χ3v) is 4.61. The zero-order chi connectivity index (χ0) is 16.5. The molecule has 4 heteroatoms. The van der Waals surface area contributed by atoms with Gasteiger partial charge in [-0.1, -0.05) is 49.6 Å². The quantitative estimate of drug-likeness (QED) is 0.717. The van der Waals surface area contributed by atoms with E-state index in [9.17, 15) is 4.79 Å². The molecular formula is C19H23N2OS+. The van der Waals surface area contributed by atoms with Gasteiger partial charge in [-0.05, 0) is 23.4 Å². The van der Waals surface area contributed by atoms with Gasteiger partial charge in [0.25, 0.3) is 5.91 Å². The van der Waals surface area contributed by atoms with Gasteiger partial charge < -0.3 is 10.6 Å². The van der Waals surface area contributed by atoms with Crippen LogP contribution in [0.1, 0.15) is 35.4 Å². The van der Waals surface area contributed by atoms with E-state index in [1.807, 2.05) is 6.07 Å².